The summed E-state index contributed by atoms with van der Waals surface area (Å²) >= 11 is 0. The normalized spacial score (nSPS) is 16.2. The number of pyridine rings is 2. The van der Waals surface area contributed by atoms with Crippen LogP contribution in [-0.4, -0.2) is 120 Å². The summed E-state index contributed by atoms with van der Waals surface area (Å²) < 4.78 is 50.5. The van der Waals surface area contributed by atoms with Crippen LogP contribution in [0.4, 0.5) is 4.39 Å². The van der Waals surface area contributed by atoms with Crippen molar-refractivity contribution in [1.29, 1.82) is 0 Å². The number of esters is 1. The van der Waals surface area contributed by atoms with Crippen molar-refractivity contribution >= 4 is 62.2 Å². The van der Waals surface area contributed by atoms with E-state index in [9.17, 15) is 51.9 Å². The summed E-state index contributed by atoms with van der Waals surface area (Å²) in [6.07, 6.45) is 5.01. The lowest BCUT2D eigenvalue weighted by Crippen LogP contribution is -2.52. The average Bonchev–Trinajstić information content (AvgIpc) is 3.87. The van der Waals surface area contributed by atoms with Gasteiger partial charge in [0.1, 0.15) is 31.8 Å². The standard InChI is InChI=1S/C53H55FN10O13S/c1-4-53(73)35-18-40-48-33(25-64(40)50(71)34(35)26-77-51(53)72)47-37(16-15-32-29(2)36(54)19-38(63-48)46(32)47)61-45(69)27-76-28-60-43(67)23-57-49(70)39(17-30-11-7-5-8-12-30)62-44(68)24-56-42(66)22-55-41(65)14-10-6-9-13-31-20-58-52(59-21-31)78(3,74)75/h5,7-8,11-12,18-21,37,39,73H,4,6,10,14-17,22-28H2,1-3H3,(H,55,65)(H,56,66)(H,57,70)(H,60,67)(H,61,69)(H,62,68)/t37-,39-,53-/m0/s1. The Bertz CT molecular complexity index is 3490. The molecule has 5 heterocycles. The molecule has 408 valence electrons. The van der Waals surface area contributed by atoms with Crippen LogP contribution < -0.4 is 37.5 Å². The highest BCUT2D eigenvalue weighted by Crippen LogP contribution is 2.46. The first-order valence-electron chi connectivity index (χ1n) is 24.9. The van der Waals surface area contributed by atoms with Crippen LogP contribution in [0.2, 0.25) is 0 Å². The lowest BCUT2D eigenvalue weighted by molar-refractivity contribution is -0.172. The van der Waals surface area contributed by atoms with Crippen molar-refractivity contribution in [2.75, 3.05) is 39.2 Å². The Kier molecular flexibility index (Phi) is 17.0. The number of halogens is 1. The van der Waals surface area contributed by atoms with Crippen LogP contribution in [0.25, 0.3) is 22.3 Å². The van der Waals surface area contributed by atoms with Gasteiger partial charge in [0.05, 0.1) is 60.3 Å². The fourth-order valence-electron chi connectivity index (χ4n) is 9.45. The molecule has 2 aromatic carbocycles. The largest absolute Gasteiger partial charge is 0.458 e. The van der Waals surface area contributed by atoms with Crippen molar-refractivity contribution < 1.29 is 61.0 Å². The van der Waals surface area contributed by atoms with Gasteiger partial charge >= 0.3 is 5.97 Å². The topological polar surface area (TPSA) is 325 Å². The van der Waals surface area contributed by atoms with Crippen LogP contribution in [0, 0.1) is 24.6 Å². The van der Waals surface area contributed by atoms with E-state index in [2.05, 4.69) is 53.7 Å². The Labute approximate surface area is 445 Å². The summed E-state index contributed by atoms with van der Waals surface area (Å²) in [5, 5.41) is 27.0. The van der Waals surface area contributed by atoms with Crippen LogP contribution in [-0.2, 0) is 84.5 Å². The molecule has 2 aliphatic heterocycles. The van der Waals surface area contributed by atoms with Gasteiger partial charge in [-0.1, -0.05) is 49.1 Å². The number of benzene rings is 2. The van der Waals surface area contributed by atoms with Crippen molar-refractivity contribution in [2.24, 2.45) is 0 Å². The van der Waals surface area contributed by atoms with Gasteiger partial charge in [-0.2, -0.15) is 0 Å². The molecule has 1 aliphatic carbocycles. The Balaban J connectivity index is 0.798. The highest BCUT2D eigenvalue weighted by atomic mass is 32.2. The summed E-state index contributed by atoms with van der Waals surface area (Å²) in [5.74, 6) is 0.484. The fourth-order valence-corrected chi connectivity index (χ4v) is 9.94. The van der Waals surface area contributed by atoms with Crippen LogP contribution in [0.5, 0.6) is 0 Å². The number of fused-ring (bicyclic) bond motifs is 5. The van der Waals surface area contributed by atoms with E-state index < -0.39 is 113 Å². The minimum atomic E-state index is -3.54. The van der Waals surface area contributed by atoms with Crippen molar-refractivity contribution in [3.8, 4) is 23.2 Å². The van der Waals surface area contributed by atoms with Crippen molar-refractivity contribution in [3.05, 3.63) is 116 Å². The van der Waals surface area contributed by atoms with Gasteiger partial charge in [0.15, 0.2) is 5.60 Å². The SMILES string of the molecule is CC[C@@]1(O)C(=O)OCc2c1cc1n(c2=O)Cc2c-1nc1cc(F)c(C)c3c1c2[C@@H](NC(=O)COCNC(=O)CNC(=O)[C@H](Cc1ccccc1)NC(=O)CNC(=O)CNC(=O)CCCC#Cc1cnc(S(C)(=O)=O)nc1)CC3. The van der Waals surface area contributed by atoms with Crippen LogP contribution in [0.15, 0.2) is 64.8 Å². The number of aryl methyl sites for hydroxylation is 1. The highest BCUT2D eigenvalue weighted by Gasteiger charge is 2.46. The molecule has 8 rings (SSSR count). The molecule has 7 N–H and O–H groups in total. The number of carbonyl (C=O) groups is 7. The van der Waals surface area contributed by atoms with E-state index in [0.717, 1.165) is 11.8 Å². The van der Waals surface area contributed by atoms with E-state index >= 15 is 4.39 Å². The van der Waals surface area contributed by atoms with Gasteiger partial charge in [-0.3, -0.25) is 33.6 Å². The molecular weight excluding hydrogens is 1040 g/mol. The second-order valence-electron chi connectivity index (χ2n) is 18.8. The maximum atomic E-state index is 15.4. The highest BCUT2D eigenvalue weighted by molar-refractivity contribution is 7.90. The number of nitrogens with one attached hydrogen (secondary N) is 6. The van der Waals surface area contributed by atoms with Gasteiger partial charge in [0, 0.05) is 60.5 Å². The summed E-state index contributed by atoms with van der Waals surface area (Å²) in [5.41, 5.74) is 2.20. The van der Waals surface area contributed by atoms with E-state index in [-0.39, 0.29) is 48.7 Å². The smallest absolute Gasteiger partial charge is 0.343 e. The summed E-state index contributed by atoms with van der Waals surface area (Å²) in [4.78, 5) is 116. The van der Waals surface area contributed by atoms with Crippen molar-refractivity contribution in [2.45, 2.75) is 94.8 Å². The zero-order chi connectivity index (χ0) is 55.9. The minimum Gasteiger partial charge on any atom is -0.458 e. The quantitative estimate of drug-likeness (QED) is 0.0177. The third kappa shape index (κ3) is 12.5. The Hall–Kier alpha value is -8.47. The summed E-state index contributed by atoms with van der Waals surface area (Å²) in [6.45, 7) is 0.576. The first-order chi connectivity index (χ1) is 37.2. The Morgan fingerprint density at radius 2 is 1.64 bits per heavy atom. The van der Waals surface area contributed by atoms with Gasteiger partial charge < -0.3 is 51.0 Å². The predicted molar refractivity (Wildman–Crippen MR) is 274 cm³/mol. The molecule has 25 heteroatoms. The molecule has 0 unspecified atom stereocenters. The molecule has 0 saturated heterocycles. The third-order valence-electron chi connectivity index (χ3n) is 13.5. The first-order valence-corrected chi connectivity index (χ1v) is 26.8. The zero-order valence-electron chi connectivity index (χ0n) is 42.7. The molecule has 3 aliphatic rings. The van der Waals surface area contributed by atoms with Crippen LogP contribution >= 0.6 is 0 Å². The van der Waals surface area contributed by atoms with E-state index in [0.29, 0.717) is 75.8 Å². The fraction of sp³-hybridized carbons (Fsp3) is 0.377. The van der Waals surface area contributed by atoms with Crippen LogP contribution in [0.3, 0.4) is 0 Å². The number of sulfone groups is 1. The third-order valence-corrected chi connectivity index (χ3v) is 14.3. The lowest BCUT2D eigenvalue weighted by Gasteiger charge is -2.31. The van der Waals surface area contributed by atoms with Gasteiger partial charge in [-0.05, 0) is 60.9 Å². The molecule has 5 aromatic rings. The molecule has 0 bridgehead atoms. The maximum Gasteiger partial charge on any atom is 0.343 e. The molecule has 3 aromatic heterocycles. The van der Waals surface area contributed by atoms with Crippen molar-refractivity contribution in [3.63, 3.8) is 0 Å². The lowest BCUT2D eigenvalue weighted by atomic mass is 9.81. The number of unbranched alkanes of at least 4 members (excludes halogenated alkanes) is 1. The molecule has 0 fully saturated rings. The number of rotatable bonds is 20. The summed E-state index contributed by atoms with van der Waals surface area (Å²) in [6, 6.07) is 9.79. The molecule has 0 spiro atoms. The maximum absolute atomic E-state index is 15.4. The second kappa shape index (κ2) is 23.8. The zero-order valence-corrected chi connectivity index (χ0v) is 43.5. The molecule has 23 nitrogen and oxygen atoms in total. The molecule has 78 heavy (non-hydrogen) atoms. The molecule has 3 atom stereocenters. The number of amides is 6. The Morgan fingerprint density at radius 1 is 0.936 bits per heavy atom. The van der Waals surface area contributed by atoms with Gasteiger partial charge in [0.25, 0.3) is 5.56 Å². The van der Waals surface area contributed by atoms with E-state index in [1.165, 1.54) is 23.0 Å². The number of hydrogen-bond donors (Lipinski definition) is 7. The minimum absolute atomic E-state index is 0.0288. The van der Waals surface area contributed by atoms with Gasteiger partial charge in [-0.15, -0.1) is 0 Å². The van der Waals surface area contributed by atoms with Crippen LogP contribution in [0.1, 0.15) is 89.6 Å². The number of hydrogen-bond acceptors (Lipinski definition) is 16. The number of cyclic esters (lactones) is 1. The molecule has 0 saturated carbocycles. The number of nitrogens with zero attached hydrogens (tertiary/aromatic N) is 4. The molecule has 6 amide bonds. The molecular formula is C53H55FN10O13S. The average molecular weight is 1090 g/mol. The molecule has 0 radical (unpaired) electrons. The van der Waals surface area contributed by atoms with Gasteiger partial charge in [0.2, 0.25) is 50.4 Å². The van der Waals surface area contributed by atoms with E-state index in [1.807, 2.05) is 0 Å². The van der Waals surface area contributed by atoms with Crippen molar-refractivity contribution in [1.82, 2.24) is 51.4 Å². The second-order valence-corrected chi connectivity index (χ2v) is 20.7. The predicted octanol–water partition coefficient (Wildman–Crippen LogP) is 0.213. The number of carbonyl (C=O) groups excluding carboxylic acids is 7. The number of aliphatic hydroxyl groups is 1. The monoisotopic (exact) mass is 1090 g/mol. The number of aromatic nitrogens is 4. The number of ether oxygens (including phenoxy) is 2. The summed E-state index contributed by atoms with van der Waals surface area (Å²) in [7, 11) is -3.54. The van der Waals surface area contributed by atoms with E-state index in [4.69, 9.17) is 14.5 Å². The Morgan fingerprint density at radius 3 is 2.37 bits per heavy atom. The van der Waals surface area contributed by atoms with Gasteiger partial charge in [-0.25, -0.2) is 32.6 Å². The first kappa shape index (κ1) is 55.8. The van der Waals surface area contributed by atoms with E-state index in [1.54, 1.807) is 50.2 Å².